The molecule has 1 aromatic heterocycles. The topological polar surface area (TPSA) is 24.9 Å². The quantitative estimate of drug-likeness (QED) is 0.846. The van der Waals surface area contributed by atoms with Gasteiger partial charge in [0.25, 0.3) is 0 Å². The molecule has 0 amide bonds. The van der Waals surface area contributed by atoms with Crippen LogP contribution in [0.25, 0.3) is 0 Å². The maximum absolute atomic E-state index is 13.8. The Morgan fingerprint density at radius 1 is 1.38 bits per heavy atom. The lowest BCUT2D eigenvalue weighted by Crippen LogP contribution is -2.24. The van der Waals surface area contributed by atoms with Crippen molar-refractivity contribution in [3.8, 4) is 0 Å². The molecule has 1 N–H and O–H groups in total. The lowest BCUT2D eigenvalue weighted by molar-refractivity contribution is 0.582. The Morgan fingerprint density at radius 2 is 2.14 bits per heavy atom. The largest absolute Gasteiger partial charge is 0.301 e. The first-order chi connectivity index (χ1) is 10.0. The van der Waals surface area contributed by atoms with Crippen molar-refractivity contribution in [2.45, 2.75) is 44.7 Å². The monoisotopic (exact) mass is 324 g/mol. The van der Waals surface area contributed by atoms with Crippen molar-refractivity contribution in [1.29, 1.82) is 0 Å². The van der Waals surface area contributed by atoms with Gasteiger partial charge < -0.3 is 5.32 Å². The molecule has 3 rings (SSSR count). The number of hydrogen-bond acceptors (Lipinski definition) is 3. The summed E-state index contributed by atoms with van der Waals surface area (Å²) in [7, 11) is 0. The molecule has 1 fully saturated rings. The zero-order valence-corrected chi connectivity index (χ0v) is 13.6. The van der Waals surface area contributed by atoms with Gasteiger partial charge >= 0.3 is 0 Å². The van der Waals surface area contributed by atoms with E-state index in [1.165, 1.54) is 18.9 Å². The van der Waals surface area contributed by atoms with E-state index in [1.807, 2.05) is 6.07 Å². The van der Waals surface area contributed by atoms with E-state index < -0.39 is 0 Å². The average molecular weight is 325 g/mol. The number of thiazole rings is 1. The van der Waals surface area contributed by atoms with Crippen LogP contribution in [0.15, 0.2) is 23.6 Å². The summed E-state index contributed by atoms with van der Waals surface area (Å²) >= 11 is 7.42. The lowest BCUT2D eigenvalue weighted by Gasteiger charge is -2.17. The van der Waals surface area contributed by atoms with Crippen LogP contribution in [0, 0.1) is 5.82 Å². The first kappa shape index (κ1) is 14.9. The summed E-state index contributed by atoms with van der Waals surface area (Å²) in [5.74, 6) is 0.0240. The minimum absolute atomic E-state index is 0.0539. The van der Waals surface area contributed by atoms with Crippen molar-refractivity contribution in [3.05, 3.63) is 50.7 Å². The van der Waals surface area contributed by atoms with Crippen LogP contribution in [0.1, 0.15) is 54.9 Å². The fourth-order valence-electron chi connectivity index (χ4n) is 2.19. The predicted octanol–water partition coefficient (Wildman–Crippen LogP) is 4.90. The number of halogens is 2. The summed E-state index contributed by atoms with van der Waals surface area (Å²) in [5.41, 5.74) is 1.97. The summed E-state index contributed by atoms with van der Waals surface area (Å²) in [6, 6.07) is 5.47. The fraction of sp³-hybridized carbons (Fsp3) is 0.438. The first-order valence-electron chi connectivity index (χ1n) is 7.21. The Balaban J connectivity index is 1.93. The second-order valence-corrected chi connectivity index (χ2v) is 7.11. The van der Waals surface area contributed by atoms with E-state index in [-0.39, 0.29) is 16.9 Å². The highest BCUT2D eigenvalue weighted by molar-refractivity contribution is 7.09. The molecule has 21 heavy (non-hydrogen) atoms. The molecule has 1 saturated carbocycles. The van der Waals surface area contributed by atoms with Gasteiger partial charge in [-0.15, -0.1) is 11.3 Å². The summed E-state index contributed by atoms with van der Waals surface area (Å²) < 4.78 is 13.8. The second kappa shape index (κ2) is 6.03. The summed E-state index contributed by atoms with van der Waals surface area (Å²) in [4.78, 5) is 4.72. The Kier molecular flexibility index (Phi) is 4.29. The highest BCUT2D eigenvalue weighted by Gasteiger charge is 2.28. The third-order valence-corrected chi connectivity index (χ3v) is 4.87. The molecule has 1 atom stereocenters. The van der Waals surface area contributed by atoms with Crippen LogP contribution in [0.5, 0.6) is 0 Å². The van der Waals surface area contributed by atoms with Crippen LogP contribution in [-0.2, 0) is 0 Å². The van der Waals surface area contributed by atoms with Crippen LogP contribution in [0.4, 0.5) is 4.39 Å². The van der Waals surface area contributed by atoms with Crippen molar-refractivity contribution in [2.75, 3.05) is 0 Å². The van der Waals surface area contributed by atoms with Gasteiger partial charge in [-0.3, -0.25) is 0 Å². The molecular weight excluding hydrogens is 307 g/mol. The lowest BCUT2D eigenvalue weighted by atomic mass is 10.1. The highest BCUT2D eigenvalue weighted by Crippen LogP contribution is 2.32. The Bertz CT molecular complexity index is 637. The van der Waals surface area contributed by atoms with E-state index in [1.54, 1.807) is 17.4 Å². The third-order valence-electron chi connectivity index (χ3n) is 3.63. The minimum atomic E-state index is -0.377. The van der Waals surface area contributed by atoms with Crippen LogP contribution < -0.4 is 5.32 Å². The number of hydrogen-bond donors (Lipinski definition) is 1. The van der Waals surface area contributed by atoms with Gasteiger partial charge in [0.15, 0.2) is 0 Å². The molecule has 2 nitrogen and oxygen atoms in total. The SMILES string of the molecule is CC(C)c1csc(C(NC2CC2)c2ccc(Cl)c(F)c2)n1. The molecule has 112 valence electrons. The molecular formula is C16H18ClFN2S. The van der Waals surface area contributed by atoms with Gasteiger partial charge in [-0.2, -0.15) is 0 Å². The van der Waals surface area contributed by atoms with E-state index >= 15 is 0 Å². The van der Waals surface area contributed by atoms with Gasteiger partial charge in [0.2, 0.25) is 0 Å². The highest BCUT2D eigenvalue weighted by atomic mass is 35.5. The fourth-order valence-corrected chi connectivity index (χ4v) is 3.37. The standard InChI is InChI=1S/C16H18ClFN2S/c1-9(2)14-8-21-16(20-14)15(19-11-4-5-11)10-3-6-12(17)13(18)7-10/h3,6-9,11,15,19H,4-5H2,1-2H3. The van der Waals surface area contributed by atoms with Crippen molar-refractivity contribution >= 4 is 22.9 Å². The Hall–Kier alpha value is -0.970. The molecule has 5 heteroatoms. The Labute approximate surface area is 133 Å². The van der Waals surface area contributed by atoms with Crippen molar-refractivity contribution in [3.63, 3.8) is 0 Å². The molecule has 0 saturated heterocycles. The molecule has 1 aromatic carbocycles. The maximum Gasteiger partial charge on any atom is 0.142 e. The molecule has 1 unspecified atom stereocenters. The number of benzene rings is 1. The molecule has 0 radical (unpaired) electrons. The molecule has 0 bridgehead atoms. The number of aromatic nitrogens is 1. The van der Waals surface area contributed by atoms with E-state index in [0.717, 1.165) is 16.3 Å². The molecule has 0 aliphatic heterocycles. The van der Waals surface area contributed by atoms with Crippen molar-refractivity contribution < 1.29 is 4.39 Å². The van der Waals surface area contributed by atoms with Gasteiger partial charge in [-0.1, -0.05) is 31.5 Å². The zero-order valence-electron chi connectivity index (χ0n) is 12.1. The van der Waals surface area contributed by atoms with E-state index in [0.29, 0.717) is 12.0 Å². The number of nitrogens with zero attached hydrogens (tertiary/aromatic N) is 1. The molecule has 1 aliphatic carbocycles. The van der Waals surface area contributed by atoms with Crippen molar-refractivity contribution in [1.82, 2.24) is 10.3 Å². The third kappa shape index (κ3) is 3.44. The van der Waals surface area contributed by atoms with E-state index in [4.69, 9.17) is 16.6 Å². The van der Waals surface area contributed by atoms with Crippen LogP contribution >= 0.6 is 22.9 Å². The van der Waals surface area contributed by atoms with Crippen LogP contribution in [0.2, 0.25) is 5.02 Å². The zero-order chi connectivity index (χ0) is 15.0. The minimum Gasteiger partial charge on any atom is -0.301 e. The predicted molar refractivity (Wildman–Crippen MR) is 85.6 cm³/mol. The van der Waals surface area contributed by atoms with E-state index in [2.05, 4.69) is 24.5 Å². The maximum atomic E-state index is 13.8. The summed E-state index contributed by atoms with van der Waals surface area (Å²) in [5, 5.41) is 6.80. The smallest absolute Gasteiger partial charge is 0.142 e. The van der Waals surface area contributed by atoms with Crippen LogP contribution in [-0.4, -0.2) is 11.0 Å². The van der Waals surface area contributed by atoms with Crippen LogP contribution in [0.3, 0.4) is 0 Å². The van der Waals surface area contributed by atoms with E-state index in [9.17, 15) is 4.39 Å². The summed E-state index contributed by atoms with van der Waals surface area (Å²) in [6.07, 6.45) is 2.35. The second-order valence-electron chi connectivity index (χ2n) is 5.81. The molecule has 0 spiro atoms. The molecule has 2 aromatic rings. The Morgan fingerprint density at radius 3 is 2.71 bits per heavy atom. The summed E-state index contributed by atoms with van der Waals surface area (Å²) in [6.45, 7) is 4.26. The number of nitrogens with one attached hydrogen (secondary N) is 1. The normalized spacial score (nSPS) is 16.4. The average Bonchev–Trinajstić information content (AvgIpc) is 3.13. The van der Waals surface area contributed by atoms with Crippen molar-refractivity contribution in [2.24, 2.45) is 0 Å². The number of rotatable bonds is 5. The van der Waals surface area contributed by atoms with Gasteiger partial charge in [0, 0.05) is 11.4 Å². The molecule has 1 heterocycles. The van der Waals surface area contributed by atoms with Gasteiger partial charge in [0.05, 0.1) is 16.8 Å². The molecule has 1 aliphatic rings. The van der Waals surface area contributed by atoms with Gasteiger partial charge in [0.1, 0.15) is 10.8 Å². The first-order valence-corrected chi connectivity index (χ1v) is 8.46. The van der Waals surface area contributed by atoms with Gasteiger partial charge in [-0.05, 0) is 36.5 Å². The van der Waals surface area contributed by atoms with Gasteiger partial charge in [-0.25, -0.2) is 9.37 Å².